The van der Waals surface area contributed by atoms with E-state index in [1.165, 1.54) is 0 Å². The van der Waals surface area contributed by atoms with Crippen molar-refractivity contribution in [3.63, 3.8) is 0 Å². The van der Waals surface area contributed by atoms with Crippen LogP contribution in [0.5, 0.6) is 0 Å². The van der Waals surface area contributed by atoms with E-state index in [2.05, 4.69) is 6.92 Å². The van der Waals surface area contributed by atoms with Crippen molar-refractivity contribution in [3.8, 4) is 0 Å². The highest BCUT2D eigenvalue weighted by molar-refractivity contribution is 6.26. The van der Waals surface area contributed by atoms with Gasteiger partial charge in [-0.15, -0.1) is 11.6 Å². The normalized spacial score (nSPS) is 31.9. The zero-order valence-electron chi connectivity index (χ0n) is 9.20. The van der Waals surface area contributed by atoms with Crippen LogP contribution in [0.2, 0.25) is 0 Å². The van der Waals surface area contributed by atoms with Gasteiger partial charge in [0.15, 0.2) is 0 Å². The maximum absolute atomic E-state index is 11.6. The molecular weight excluding hydrogens is 228 g/mol. The number of unbranched alkanes of at least 4 members (excludes halogenated alkanes) is 1. The van der Waals surface area contributed by atoms with Crippen molar-refractivity contribution in [2.45, 2.75) is 44.1 Å². The van der Waals surface area contributed by atoms with E-state index in [4.69, 9.17) is 16.3 Å². The van der Waals surface area contributed by atoms with Crippen LogP contribution in [0.15, 0.2) is 23.0 Å². The maximum Gasteiger partial charge on any atom is 0.341 e. The van der Waals surface area contributed by atoms with Gasteiger partial charge in [-0.25, -0.2) is 4.79 Å². The number of halogens is 1. The topological polar surface area (TPSA) is 46.5 Å². The molecule has 0 saturated heterocycles. The van der Waals surface area contributed by atoms with E-state index in [0.717, 1.165) is 18.4 Å². The van der Waals surface area contributed by atoms with E-state index in [0.29, 0.717) is 24.2 Å². The van der Waals surface area contributed by atoms with Crippen LogP contribution in [0.3, 0.4) is 0 Å². The fourth-order valence-electron chi connectivity index (χ4n) is 2.08. The van der Waals surface area contributed by atoms with Crippen molar-refractivity contribution in [3.05, 3.63) is 23.0 Å². The molecule has 0 amide bonds. The summed E-state index contributed by atoms with van der Waals surface area (Å²) in [5.74, 6) is 0.260. The van der Waals surface area contributed by atoms with Crippen LogP contribution in [-0.2, 0) is 9.53 Å². The lowest BCUT2D eigenvalue weighted by Gasteiger charge is -2.22. The molecule has 4 heteroatoms. The van der Waals surface area contributed by atoms with Gasteiger partial charge in [0, 0.05) is 5.57 Å². The van der Waals surface area contributed by atoms with Gasteiger partial charge in [-0.1, -0.05) is 13.3 Å². The number of esters is 1. The highest BCUT2D eigenvalue weighted by Gasteiger charge is 2.40. The molecule has 0 spiro atoms. The van der Waals surface area contributed by atoms with Crippen molar-refractivity contribution in [2.75, 3.05) is 0 Å². The average Bonchev–Trinajstić information content (AvgIpc) is 2.58. The summed E-state index contributed by atoms with van der Waals surface area (Å²) in [6.07, 6.45) is 4.44. The SMILES string of the molecule is CCC/C=C1\OC(=O)C2=C1CC[C@H](O)[C@@H]2Cl. The molecule has 3 nitrogen and oxygen atoms in total. The number of ether oxygens (including phenoxy) is 1. The molecule has 1 N–H and O–H groups in total. The Bertz CT molecular complexity index is 370. The largest absolute Gasteiger partial charge is 0.423 e. The molecule has 1 aliphatic carbocycles. The summed E-state index contributed by atoms with van der Waals surface area (Å²) in [7, 11) is 0. The van der Waals surface area contributed by atoms with Crippen LogP contribution in [-0.4, -0.2) is 22.6 Å². The van der Waals surface area contributed by atoms with Crippen molar-refractivity contribution < 1.29 is 14.6 Å². The number of hydrogen-bond donors (Lipinski definition) is 1. The van der Waals surface area contributed by atoms with Crippen molar-refractivity contribution >= 4 is 17.6 Å². The predicted octanol–water partition coefficient (Wildman–Crippen LogP) is 2.29. The van der Waals surface area contributed by atoms with Gasteiger partial charge in [0.05, 0.1) is 17.1 Å². The third-order valence-corrected chi connectivity index (χ3v) is 3.48. The fourth-order valence-corrected chi connectivity index (χ4v) is 2.43. The lowest BCUT2D eigenvalue weighted by atomic mass is 9.89. The first-order chi connectivity index (χ1) is 7.65. The summed E-state index contributed by atoms with van der Waals surface area (Å²) in [6.45, 7) is 2.07. The fraction of sp³-hybridized carbons (Fsp3) is 0.583. The predicted molar refractivity (Wildman–Crippen MR) is 61.0 cm³/mol. The van der Waals surface area contributed by atoms with Crippen LogP contribution < -0.4 is 0 Å². The van der Waals surface area contributed by atoms with E-state index in [-0.39, 0.29) is 0 Å². The summed E-state index contributed by atoms with van der Waals surface area (Å²) in [5, 5.41) is 8.99. The number of cyclic esters (lactones) is 1. The van der Waals surface area contributed by atoms with Crippen molar-refractivity contribution in [2.24, 2.45) is 0 Å². The molecule has 0 unspecified atom stereocenters. The second kappa shape index (κ2) is 4.60. The molecular formula is C12H15ClO3. The molecule has 0 bridgehead atoms. The number of allylic oxidation sites excluding steroid dienone is 2. The highest BCUT2D eigenvalue weighted by atomic mass is 35.5. The molecule has 0 aromatic carbocycles. The van der Waals surface area contributed by atoms with Crippen LogP contribution >= 0.6 is 11.6 Å². The van der Waals surface area contributed by atoms with Gasteiger partial charge in [-0.05, 0) is 25.3 Å². The van der Waals surface area contributed by atoms with Crippen molar-refractivity contribution in [1.82, 2.24) is 0 Å². The Morgan fingerprint density at radius 1 is 1.62 bits per heavy atom. The molecule has 2 rings (SSSR count). The van der Waals surface area contributed by atoms with Crippen LogP contribution in [0.1, 0.15) is 32.6 Å². The van der Waals surface area contributed by atoms with Gasteiger partial charge in [0.2, 0.25) is 0 Å². The number of aliphatic hydroxyl groups excluding tert-OH is 1. The second-order valence-electron chi connectivity index (χ2n) is 4.15. The van der Waals surface area contributed by atoms with Gasteiger partial charge >= 0.3 is 5.97 Å². The summed E-state index contributed by atoms with van der Waals surface area (Å²) < 4.78 is 5.18. The van der Waals surface area contributed by atoms with Crippen LogP contribution in [0, 0.1) is 0 Å². The van der Waals surface area contributed by atoms with E-state index in [1.807, 2.05) is 6.08 Å². The smallest absolute Gasteiger partial charge is 0.341 e. The zero-order chi connectivity index (χ0) is 11.7. The molecule has 2 atom stereocenters. The Hall–Kier alpha value is -0.800. The zero-order valence-corrected chi connectivity index (χ0v) is 9.96. The van der Waals surface area contributed by atoms with Gasteiger partial charge in [0.1, 0.15) is 5.76 Å². The quantitative estimate of drug-likeness (QED) is 0.597. The third-order valence-electron chi connectivity index (χ3n) is 2.97. The lowest BCUT2D eigenvalue weighted by Crippen LogP contribution is -2.29. The molecule has 0 radical (unpaired) electrons. The van der Waals surface area contributed by atoms with E-state index < -0.39 is 17.5 Å². The number of hydrogen-bond acceptors (Lipinski definition) is 3. The van der Waals surface area contributed by atoms with Crippen LogP contribution in [0.25, 0.3) is 0 Å². The molecule has 0 aromatic heterocycles. The summed E-state index contributed by atoms with van der Waals surface area (Å²) >= 11 is 6.03. The Kier molecular flexibility index (Phi) is 3.36. The standard InChI is InChI=1S/C12H15ClO3/c1-2-3-4-9-7-5-6-8(14)11(13)10(7)12(15)16-9/h4,8,11,14H,2-3,5-6H2,1H3/b9-4-/t8-,11-/m0/s1. The van der Waals surface area contributed by atoms with Gasteiger partial charge in [-0.2, -0.15) is 0 Å². The Balaban J connectivity index is 2.31. The number of rotatable bonds is 2. The molecule has 0 saturated carbocycles. The third kappa shape index (κ3) is 1.89. The van der Waals surface area contributed by atoms with E-state index in [1.54, 1.807) is 0 Å². The minimum atomic E-state index is -0.640. The molecule has 88 valence electrons. The second-order valence-corrected chi connectivity index (χ2v) is 4.62. The number of carbonyl (C=O) groups is 1. The first kappa shape index (κ1) is 11.7. The molecule has 1 heterocycles. The van der Waals surface area contributed by atoms with E-state index in [9.17, 15) is 9.90 Å². The minimum absolute atomic E-state index is 0.392. The summed E-state index contributed by atoms with van der Waals surface area (Å²) in [5.41, 5.74) is 1.35. The Morgan fingerprint density at radius 2 is 2.38 bits per heavy atom. The molecule has 2 aliphatic rings. The lowest BCUT2D eigenvalue weighted by molar-refractivity contribution is -0.133. The first-order valence-corrected chi connectivity index (χ1v) is 6.06. The first-order valence-electron chi connectivity index (χ1n) is 5.63. The number of carbonyl (C=O) groups excluding carboxylic acids is 1. The summed E-state index contributed by atoms with van der Waals surface area (Å²) in [4.78, 5) is 11.6. The van der Waals surface area contributed by atoms with Crippen LogP contribution in [0.4, 0.5) is 0 Å². The summed E-state index contributed by atoms with van der Waals surface area (Å²) in [6, 6.07) is 0. The molecule has 16 heavy (non-hydrogen) atoms. The minimum Gasteiger partial charge on any atom is -0.423 e. The number of alkyl halides is 1. The van der Waals surface area contributed by atoms with Gasteiger partial charge in [-0.3, -0.25) is 0 Å². The van der Waals surface area contributed by atoms with Gasteiger partial charge in [0.25, 0.3) is 0 Å². The van der Waals surface area contributed by atoms with Gasteiger partial charge < -0.3 is 9.84 Å². The maximum atomic E-state index is 11.6. The monoisotopic (exact) mass is 242 g/mol. The van der Waals surface area contributed by atoms with E-state index >= 15 is 0 Å². The van der Waals surface area contributed by atoms with Crippen molar-refractivity contribution in [1.29, 1.82) is 0 Å². The Morgan fingerprint density at radius 3 is 3.06 bits per heavy atom. The molecule has 1 aliphatic heterocycles. The average molecular weight is 243 g/mol. The molecule has 0 fully saturated rings. The molecule has 0 aromatic rings. The Labute approximate surface area is 99.7 Å². The highest BCUT2D eigenvalue weighted by Crippen LogP contribution is 2.39. The number of aliphatic hydroxyl groups is 1.